The summed E-state index contributed by atoms with van der Waals surface area (Å²) in [4.78, 5) is 2.07. The Morgan fingerprint density at radius 2 is 1.92 bits per heavy atom. The van der Waals surface area contributed by atoms with Crippen LogP contribution in [0.2, 0.25) is 0 Å². The summed E-state index contributed by atoms with van der Waals surface area (Å²) in [6.07, 6.45) is 0. The molecule has 2 aromatic carbocycles. The topological polar surface area (TPSA) is 38.5 Å². The number of para-hydroxylation sites is 1. The summed E-state index contributed by atoms with van der Waals surface area (Å²) >= 11 is 0. The van der Waals surface area contributed by atoms with Gasteiger partial charge in [-0.15, -0.1) is 0 Å². The average molecular weight is 346 g/mol. The molecule has 25 heavy (non-hydrogen) atoms. The lowest BCUT2D eigenvalue weighted by Gasteiger charge is -2.27. The third kappa shape index (κ3) is 3.83. The SMILES string of the molecule is CC(C)(C)Oc1ccccc1CN1Cc2cc(F)cc(F)c2C1CN. The Morgan fingerprint density at radius 1 is 1.20 bits per heavy atom. The predicted molar refractivity (Wildman–Crippen MR) is 94.2 cm³/mol. The summed E-state index contributed by atoms with van der Waals surface area (Å²) < 4.78 is 33.8. The van der Waals surface area contributed by atoms with E-state index in [1.54, 1.807) is 0 Å². The highest BCUT2D eigenvalue weighted by atomic mass is 19.1. The van der Waals surface area contributed by atoms with Gasteiger partial charge in [0.2, 0.25) is 0 Å². The number of rotatable bonds is 4. The highest BCUT2D eigenvalue weighted by Crippen LogP contribution is 2.37. The van der Waals surface area contributed by atoms with Crippen molar-refractivity contribution in [1.82, 2.24) is 4.90 Å². The van der Waals surface area contributed by atoms with Crippen LogP contribution in [0.15, 0.2) is 36.4 Å². The van der Waals surface area contributed by atoms with Crippen molar-refractivity contribution in [2.45, 2.75) is 45.5 Å². The molecular formula is C20H24F2N2O. The summed E-state index contributed by atoms with van der Waals surface area (Å²) in [6, 6.07) is 9.87. The van der Waals surface area contributed by atoms with Crippen molar-refractivity contribution in [1.29, 1.82) is 0 Å². The minimum Gasteiger partial charge on any atom is -0.488 e. The zero-order chi connectivity index (χ0) is 18.2. The number of hydrogen-bond acceptors (Lipinski definition) is 3. The smallest absolute Gasteiger partial charge is 0.131 e. The molecule has 1 atom stereocenters. The standard InChI is InChI=1S/C20H24F2N2O/c1-20(2,3)25-18-7-5-4-6-13(18)11-24-12-14-8-15(21)9-16(22)19(14)17(24)10-23/h4-9,17H,10-12,23H2,1-3H3. The number of halogens is 2. The first-order valence-electron chi connectivity index (χ1n) is 8.47. The Kier molecular flexibility index (Phi) is 4.80. The fraction of sp³-hybridized carbons (Fsp3) is 0.400. The molecule has 0 spiro atoms. The molecule has 1 heterocycles. The monoisotopic (exact) mass is 346 g/mol. The molecule has 0 saturated heterocycles. The molecule has 1 aliphatic rings. The highest BCUT2D eigenvalue weighted by molar-refractivity contribution is 5.38. The third-order valence-corrected chi connectivity index (χ3v) is 4.31. The van der Waals surface area contributed by atoms with Crippen molar-refractivity contribution < 1.29 is 13.5 Å². The van der Waals surface area contributed by atoms with Crippen LogP contribution in [0.25, 0.3) is 0 Å². The van der Waals surface area contributed by atoms with Crippen LogP contribution in [0.5, 0.6) is 5.75 Å². The van der Waals surface area contributed by atoms with E-state index in [1.165, 1.54) is 6.07 Å². The molecule has 134 valence electrons. The average Bonchev–Trinajstić information content (AvgIpc) is 2.85. The number of benzene rings is 2. The number of nitrogens with zero attached hydrogens (tertiary/aromatic N) is 1. The third-order valence-electron chi connectivity index (χ3n) is 4.31. The Morgan fingerprint density at radius 3 is 2.60 bits per heavy atom. The maximum Gasteiger partial charge on any atom is 0.131 e. The van der Waals surface area contributed by atoms with Gasteiger partial charge in [0, 0.05) is 36.8 Å². The van der Waals surface area contributed by atoms with Gasteiger partial charge in [0.05, 0.1) is 6.04 Å². The Balaban J connectivity index is 1.89. The molecular weight excluding hydrogens is 322 g/mol. The summed E-state index contributed by atoms with van der Waals surface area (Å²) in [5, 5.41) is 0. The molecule has 1 unspecified atom stereocenters. The van der Waals surface area contributed by atoms with E-state index in [2.05, 4.69) is 4.90 Å². The molecule has 2 aromatic rings. The summed E-state index contributed by atoms with van der Waals surface area (Å²) in [7, 11) is 0. The van der Waals surface area contributed by atoms with Crippen molar-refractivity contribution in [3.8, 4) is 5.75 Å². The minimum absolute atomic E-state index is 0.265. The lowest BCUT2D eigenvalue weighted by molar-refractivity contribution is 0.125. The maximum atomic E-state index is 14.3. The highest BCUT2D eigenvalue weighted by Gasteiger charge is 2.33. The minimum atomic E-state index is -0.551. The molecule has 0 saturated carbocycles. The first-order chi connectivity index (χ1) is 11.8. The zero-order valence-electron chi connectivity index (χ0n) is 14.9. The lowest BCUT2D eigenvalue weighted by atomic mass is 10.0. The van der Waals surface area contributed by atoms with E-state index in [1.807, 2.05) is 45.0 Å². The predicted octanol–water partition coefficient (Wildman–Crippen LogP) is 4.16. The molecule has 0 fully saturated rings. The largest absolute Gasteiger partial charge is 0.488 e. The van der Waals surface area contributed by atoms with Gasteiger partial charge in [0.25, 0.3) is 0 Å². The molecule has 0 radical (unpaired) electrons. The van der Waals surface area contributed by atoms with E-state index < -0.39 is 11.6 Å². The van der Waals surface area contributed by atoms with Crippen molar-refractivity contribution in [2.75, 3.05) is 6.54 Å². The Hall–Kier alpha value is -1.98. The number of fused-ring (bicyclic) bond motifs is 1. The van der Waals surface area contributed by atoms with Gasteiger partial charge in [-0.2, -0.15) is 0 Å². The summed E-state index contributed by atoms with van der Waals surface area (Å²) in [5.74, 6) is -0.272. The molecule has 1 aliphatic heterocycles. The van der Waals surface area contributed by atoms with Crippen LogP contribution in [0, 0.1) is 11.6 Å². The normalized spacial score (nSPS) is 17.6. The second kappa shape index (κ2) is 6.73. The fourth-order valence-corrected chi connectivity index (χ4v) is 3.37. The molecule has 5 heteroatoms. The molecule has 2 N–H and O–H groups in total. The van der Waals surface area contributed by atoms with Crippen molar-refractivity contribution in [3.05, 3.63) is 64.7 Å². The second-order valence-electron chi connectivity index (χ2n) is 7.44. The number of nitrogens with two attached hydrogens (primary N) is 1. The van der Waals surface area contributed by atoms with Crippen LogP contribution in [-0.4, -0.2) is 17.0 Å². The van der Waals surface area contributed by atoms with Gasteiger partial charge in [0.1, 0.15) is 23.0 Å². The maximum absolute atomic E-state index is 14.3. The van der Waals surface area contributed by atoms with Crippen LogP contribution in [0.1, 0.15) is 43.5 Å². The van der Waals surface area contributed by atoms with Gasteiger partial charge in [-0.1, -0.05) is 18.2 Å². The van der Waals surface area contributed by atoms with E-state index in [0.29, 0.717) is 24.2 Å². The quantitative estimate of drug-likeness (QED) is 0.903. The number of ether oxygens (including phenoxy) is 1. The number of hydrogen-bond donors (Lipinski definition) is 1. The van der Waals surface area contributed by atoms with Gasteiger partial charge in [-0.3, -0.25) is 4.90 Å². The molecule has 0 aliphatic carbocycles. The van der Waals surface area contributed by atoms with E-state index in [0.717, 1.165) is 17.4 Å². The first kappa shape index (κ1) is 17.8. The van der Waals surface area contributed by atoms with E-state index in [4.69, 9.17) is 10.5 Å². The Labute approximate surface area is 147 Å². The molecule has 3 nitrogen and oxygen atoms in total. The summed E-state index contributed by atoms with van der Waals surface area (Å²) in [6.45, 7) is 7.29. The molecule has 0 bridgehead atoms. The van der Waals surface area contributed by atoms with Crippen LogP contribution < -0.4 is 10.5 Å². The van der Waals surface area contributed by atoms with Crippen LogP contribution in [0.4, 0.5) is 8.78 Å². The van der Waals surface area contributed by atoms with Gasteiger partial charge in [0.15, 0.2) is 0 Å². The Bertz CT molecular complexity index is 771. The van der Waals surface area contributed by atoms with E-state index in [9.17, 15) is 8.78 Å². The molecule has 0 amide bonds. The fourth-order valence-electron chi connectivity index (χ4n) is 3.37. The van der Waals surface area contributed by atoms with Crippen molar-refractivity contribution >= 4 is 0 Å². The van der Waals surface area contributed by atoms with Crippen molar-refractivity contribution in [2.24, 2.45) is 5.73 Å². The van der Waals surface area contributed by atoms with Gasteiger partial charge >= 0.3 is 0 Å². The zero-order valence-corrected chi connectivity index (χ0v) is 14.9. The molecule has 0 aromatic heterocycles. The summed E-state index contributed by atoms with van der Waals surface area (Å²) in [5.41, 5.74) is 7.78. The van der Waals surface area contributed by atoms with Crippen molar-refractivity contribution in [3.63, 3.8) is 0 Å². The molecule has 3 rings (SSSR count). The second-order valence-corrected chi connectivity index (χ2v) is 7.44. The van der Waals surface area contributed by atoms with Crippen LogP contribution >= 0.6 is 0 Å². The lowest BCUT2D eigenvalue weighted by Crippen LogP contribution is -2.29. The van der Waals surface area contributed by atoms with Crippen LogP contribution in [0.3, 0.4) is 0 Å². The van der Waals surface area contributed by atoms with E-state index in [-0.39, 0.29) is 18.2 Å². The van der Waals surface area contributed by atoms with E-state index >= 15 is 0 Å². The van der Waals surface area contributed by atoms with Crippen LogP contribution in [-0.2, 0) is 13.1 Å². The van der Waals surface area contributed by atoms with Gasteiger partial charge < -0.3 is 10.5 Å². The van der Waals surface area contributed by atoms with Gasteiger partial charge in [-0.25, -0.2) is 8.78 Å². The first-order valence-corrected chi connectivity index (χ1v) is 8.47. The van der Waals surface area contributed by atoms with Gasteiger partial charge in [-0.05, 0) is 38.5 Å².